The Morgan fingerprint density at radius 3 is 2.44 bits per heavy atom. The van der Waals surface area contributed by atoms with Gasteiger partial charge in [-0.1, -0.05) is 53.5 Å². The predicted octanol–water partition coefficient (Wildman–Crippen LogP) is 4.67. The van der Waals surface area contributed by atoms with E-state index in [1.807, 2.05) is 41.3 Å². The Labute approximate surface area is 218 Å². The van der Waals surface area contributed by atoms with E-state index in [-0.39, 0.29) is 16.6 Å². The Bertz CT molecular complexity index is 1520. The van der Waals surface area contributed by atoms with E-state index in [0.29, 0.717) is 47.7 Å². The van der Waals surface area contributed by atoms with Gasteiger partial charge in [-0.25, -0.2) is 4.98 Å². The molecule has 4 heterocycles. The smallest absolute Gasteiger partial charge is 0.270 e. The van der Waals surface area contributed by atoms with E-state index in [1.54, 1.807) is 31.4 Å². The third-order valence-corrected chi connectivity index (χ3v) is 7.39. The number of rotatable bonds is 4. The van der Waals surface area contributed by atoms with Crippen LogP contribution >= 0.6 is 23.2 Å². The van der Waals surface area contributed by atoms with E-state index in [1.165, 1.54) is 4.57 Å². The molecule has 0 bridgehead atoms. The SMILES string of the molecule is Cn1c(=O)c(C#N)c(N2CCC(O)(C(c3ccccc3)c3ccc(Cl)cn3)CC2)c2nc(Cl)ccc21. The molecule has 1 aromatic carbocycles. The quantitative estimate of drug-likeness (QED) is 0.393. The van der Waals surface area contributed by atoms with Crippen LogP contribution in [0.4, 0.5) is 5.69 Å². The summed E-state index contributed by atoms with van der Waals surface area (Å²) in [5.74, 6) is -0.374. The first-order chi connectivity index (χ1) is 17.3. The zero-order valence-corrected chi connectivity index (χ0v) is 21.0. The summed E-state index contributed by atoms with van der Waals surface area (Å²) in [7, 11) is 1.61. The molecule has 0 aliphatic carbocycles. The Hall–Kier alpha value is -3.44. The topological polar surface area (TPSA) is 95.0 Å². The normalized spacial score (nSPS) is 16.0. The lowest BCUT2D eigenvalue weighted by Gasteiger charge is -2.44. The number of aliphatic hydroxyl groups is 1. The maximum absolute atomic E-state index is 13.0. The molecule has 182 valence electrons. The average molecular weight is 520 g/mol. The summed E-state index contributed by atoms with van der Waals surface area (Å²) in [6, 6.07) is 18.8. The Morgan fingerprint density at radius 1 is 1.08 bits per heavy atom. The third kappa shape index (κ3) is 4.22. The van der Waals surface area contributed by atoms with E-state index >= 15 is 0 Å². The van der Waals surface area contributed by atoms with Crippen LogP contribution in [0.5, 0.6) is 0 Å². The molecule has 0 amide bonds. The van der Waals surface area contributed by atoms with Crippen LogP contribution in [-0.2, 0) is 7.05 Å². The van der Waals surface area contributed by atoms with Crippen LogP contribution in [0, 0.1) is 11.3 Å². The summed E-state index contributed by atoms with van der Waals surface area (Å²) < 4.78 is 1.42. The highest BCUT2D eigenvalue weighted by Crippen LogP contribution is 2.42. The summed E-state index contributed by atoms with van der Waals surface area (Å²) >= 11 is 12.3. The number of aromatic nitrogens is 3. The molecule has 1 unspecified atom stereocenters. The summed E-state index contributed by atoms with van der Waals surface area (Å²) in [5, 5.41) is 22.7. The van der Waals surface area contributed by atoms with E-state index in [0.717, 1.165) is 11.3 Å². The lowest BCUT2D eigenvalue weighted by molar-refractivity contribution is -0.000537. The van der Waals surface area contributed by atoms with Gasteiger partial charge in [0.2, 0.25) is 0 Å². The molecule has 1 atom stereocenters. The number of hydrogen-bond acceptors (Lipinski definition) is 6. The van der Waals surface area contributed by atoms with Gasteiger partial charge in [0.05, 0.1) is 33.4 Å². The molecular formula is C27H23Cl2N5O2. The molecule has 9 heteroatoms. The van der Waals surface area contributed by atoms with Crippen LogP contribution < -0.4 is 10.5 Å². The van der Waals surface area contributed by atoms with Crippen LogP contribution in [0.15, 0.2) is 65.6 Å². The molecule has 0 spiro atoms. The molecule has 7 nitrogen and oxygen atoms in total. The molecule has 1 saturated heterocycles. The van der Waals surface area contributed by atoms with Gasteiger partial charge in [0, 0.05) is 26.3 Å². The summed E-state index contributed by atoms with van der Waals surface area (Å²) in [6.07, 6.45) is 2.36. The van der Waals surface area contributed by atoms with Gasteiger partial charge in [0.25, 0.3) is 5.56 Å². The fourth-order valence-corrected chi connectivity index (χ4v) is 5.40. The predicted molar refractivity (Wildman–Crippen MR) is 141 cm³/mol. The minimum Gasteiger partial charge on any atom is -0.389 e. The first kappa shape index (κ1) is 24.3. The molecular weight excluding hydrogens is 497 g/mol. The van der Waals surface area contributed by atoms with Crippen LogP contribution in [-0.4, -0.2) is 38.3 Å². The highest BCUT2D eigenvalue weighted by molar-refractivity contribution is 6.30. The van der Waals surface area contributed by atoms with E-state index in [4.69, 9.17) is 23.2 Å². The summed E-state index contributed by atoms with van der Waals surface area (Å²) in [4.78, 5) is 23.9. The molecule has 1 N–H and O–H groups in total. The zero-order chi connectivity index (χ0) is 25.4. The number of anilines is 1. The van der Waals surface area contributed by atoms with Gasteiger partial charge in [-0.2, -0.15) is 5.26 Å². The number of fused-ring (bicyclic) bond motifs is 1. The van der Waals surface area contributed by atoms with E-state index in [2.05, 4.69) is 16.0 Å². The Kier molecular flexibility index (Phi) is 6.44. The number of benzene rings is 1. The van der Waals surface area contributed by atoms with Crippen LogP contribution in [0.3, 0.4) is 0 Å². The zero-order valence-electron chi connectivity index (χ0n) is 19.5. The van der Waals surface area contributed by atoms with Gasteiger partial charge in [0.1, 0.15) is 22.3 Å². The molecule has 4 aromatic rings. The average Bonchev–Trinajstić information content (AvgIpc) is 2.88. The number of nitrogens with zero attached hydrogens (tertiary/aromatic N) is 5. The van der Waals surface area contributed by atoms with Crippen molar-refractivity contribution in [1.82, 2.24) is 14.5 Å². The van der Waals surface area contributed by atoms with Crippen LogP contribution in [0.2, 0.25) is 10.2 Å². The van der Waals surface area contributed by atoms with Crippen LogP contribution in [0.1, 0.15) is 35.6 Å². The van der Waals surface area contributed by atoms with Crippen molar-refractivity contribution in [1.29, 1.82) is 5.26 Å². The highest BCUT2D eigenvalue weighted by Gasteiger charge is 2.43. The maximum atomic E-state index is 13.0. The summed E-state index contributed by atoms with van der Waals surface area (Å²) in [6.45, 7) is 0.830. The van der Waals surface area contributed by atoms with Crippen molar-refractivity contribution in [2.45, 2.75) is 24.4 Å². The molecule has 0 saturated carbocycles. The number of halogens is 2. The molecule has 1 fully saturated rings. The lowest BCUT2D eigenvalue weighted by atomic mass is 9.74. The fourth-order valence-electron chi connectivity index (χ4n) is 5.14. The number of pyridine rings is 3. The second kappa shape index (κ2) is 9.55. The monoisotopic (exact) mass is 519 g/mol. The van der Waals surface area contributed by atoms with Gasteiger partial charge < -0.3 is 14.6 Å². The summed E-state index contributed by atoms with van der Waals surface area (Å²) in [5.41, 5.74) is 1.74. The molecule has 3 aromatic heterocycles. The Morgan fingerprint density at radius 2 is 1.81 bits per heavy atom. The largest absolute Gasteiger partial charge is 0.389 e. The minimum absolute atomic E-state index is 0.0178. The molecule has 5 rings (SSSR count). The standard InChI is InChI=1S/C27H23Cl2N5O2/c1-33-21-9-10-22(29)32-24(21)25(19(15-30)26(33)35)34-13-11-27(36,12-14-34)23(17-5-3-2-4-6-17)20-8-7-18(28)16-31-20/h2-10,16,23,36H,11-14H2,1H3. The third-order valence-electron chi connectivity index (χ3n) is 6.95. The van der Waals surface area contributed by atoms with Gasteiger partial charge in [-0.3, -0.25) is 9.78 Å². The van der Waals surface area contributed by atoms with Crippen molar-refractivity contribution in [3.05, 3.63) is 98.1 Å². The lowest BCUT2D eigenvalue weighted by Crippen LogP contribution is -2.49. The number of aryl methyl sites for hydroxylation is 1. The van der Waals surface area contributed by atoms with Crippen molar-refractivity contribution in [2.75, 3.05) is 18.0 Å². The first-order valence-electron chi connectivity index (χ1n) is 11.6. The maximum Gasteiger partial charge on any atom is 0.270 e. The first-order valence-corrected chi connectivity index (χ1v) is 12.3. The van der Waals surface area contributed by atoms with Crippen molar-refractivity contribution in [3.63, 3.8) is 0 Å². The number of nitriles is 1. The van der Waals surface area contributed by atoms with Crippen molar-refractivity contribution in [3.8, 4) is 6.07 Å². The molecule has 1 aliphatic rings. The molecule has 0 radical (unpaired) electrons. The van der Waals surface area contributed by atoms with Crippen molar-refractivity contribution < 1.29 is 5.11 Å². The number of hydrogen-bond donors (Lipinski definition) is 1. The number of piperidine rings is 1. The Balaban J connectivity index is 1.55. The van der Waals surface area contributed by atoms with Crippen molar-refractivity contribution in [2.24, 2.45) is 7.05 Å². The van der Waals surface area contributed by atoms with Gasteiger partial charge in [-0.15, -0.1) is 0 Å². The second-order valence-corrected chi connectivity index (χ2v) is 9.86. The van der Waals surface area contributed by atoms with Gasteiger partial charge in [0.15, 0.2) is 0 Å². The highest BCUT2D eigenvalue weighted by atomic mass is 35.5. The van der Waals surface area contributed by atoms with Crippen molar-refractivity contribution >= 4 is 39.9 Å². The fraction of sp³-hybridized carbons (Fsp3) is 0.259. The van der Waals surface area contributed by atoms with Gasteiger partial charge >= 0.3 is 0 Å². The molecule has 36 heavy (non-hydrogen) atoms. The van der Waals surface area contributed by atoms with E-state index in [9.17, 15) is 15.2 Å². The molecule has 1 aliphatic heterocycles. The van der Waals surface area contributed by atoms with Crippen LogP contribution in [0.25, 0.3) is 11.0 Å². The van der Waals surface area contributed by atoms with Gasteiger partial charge in [-0.05, 0) is 42.7 Å². The minimum atomic E-state index is -1.11. The second-order valence-electron chi connectivity index (χ2n) is 9.04. The van der Waals surface area contributed by atoms with E-state index < -0.39 is 11.2 Å².